The van der Waals surface area contributed by atoms with Gasteiger partial charge in [-0.15, -0.1) is 0 Å². The molecule has 2 atom stereocenters. The van der Waals surface area contributed by atoms with Gasteiger partial charge in [-0.05, 0) is 65.8 Å². The zero-order valence-electron chi connectivity index (χ0n) is 21.4. The highest BCUT2D eigenvalue weighted by molar-refractivity contribution is 5.83. The van der Waals surface area contributed by atoms with E-state index in [0.29, 0.717) is 30.3 Å². The van der Waals surface area contributed by atoms with Crippen molar-refractivity contribution in [2.24, 2.45) is 0 Å². The van der Waals surface area contributed by atoms with Crippen LogP contribution in [0.2, 0.25) is 0 Å². The normalized spacial score (nSPS) is 18.8. The molecule has 4 aromatic rings. The summed E-state index contributed by atoms with van der Waals surface area (Å²) >= 11 is 0. The van der Waals surface area contributed by atoms with Crippen molar-refractivity contribution in [2.45, 2.75) is 59.2 Å². The van der Waals surface area contributed by atoms with Crippen LogP contribution < -0.4 is 4.90 Å². The Morgan fingerprint density at radius 3 is 2.53 bits per heavy atom. The monoisotopic (exact) mass is 491 g/mol. The highest BCUT2D eigenvalue weighted by atomic mass is 19.1. The third-order valence-corrected chi connectivity index (χ3v) is 6.20. The zero-order chi connectivity index (χ0) is 25.8. The molecule has 1 aliphatic rings. The van der Waals surface area contributed by atoms with Crippen LogP contribution in [0.15, 0.2) is 36.7 Å². The molecule has 0 unspecified atom stereocenters. The number of nitrogens with zero attached hydrogens (tertiary/aromatic N) is 7. The van der Waals surface area contributed by atoms with E-state index < -0.39 is 11.4 Å². The Morgan fingerprint density at radius 2 is 1.83 bits per heavy atom. The minimum atomic E-state index is -0.531. The van der Waals surface area contributed by atoms with Gasteiger partial charge in [-0.2, -0.15) is 5.10 Å². The molecule has 1 amide bonds. The Morgan fingerprint density at radius 1 is 1.11 bits per heavy atom. The number of aromatic nitrogens is 5. The highest BCUT2D eigenvalue weighted by Crippen LogP contribution is 2.28. The molecule has 0 radical (unpaired) electrons. The summed E-state index contributed by atoms with van der Waals surface area (Å²) in [5.41, 5.74) is 1.96. The van der Waals surface area contributed by atoms with Gasteiger partial charge in [0.05, 0.1) is 17.6 Å². The maximum absolute atomic E-state index is 14.5. The SMILES string of the molecule is Cc1nc2c(F)cc(-c3ncc4cc(N5C[C@@H](C)N(C(=O)OC(C)(C)C)[C@@H](C)C5)ccc4n3)cn2n1. The number of amides is 1. The number of hydrogen-bond acceptors (Lipinski definition) is 7. The summed E-state index contributed by atoms with van der Waals surface area (Å²) in [6, 6.07) is 7.37. The van der Waals surface area contributed by atoms with E-state index in [4.69, 9.17) is 4.74 Å². The van der Waals surface area contributed by atoms with Crippen LogP contribution in [-0.4, -0.2) is 66.3 Å². The molecule has 4 heterocycles. The van der Waals surface area contributed by atoms with Crippen LogP contribution in [0.25, 0.3) is 27.9 Å². The number of aryl methyl sites for hydroxylation is 1. The molecule has 0 N–H and O–H groups in total. The molecule has 1 saturated heterocycles. The van der Waals surface area contributed by atoms with E-state index in [9.17, 15) is 9.18 Å². The number of carbonyl (C=O) groups is 1. The molecule has 3 aromatic heterocycles. The van der Waals surface area contributed by atoms with Gasteiger partial charge in [0, 0.05) is 42.1 Å². The van der Waals surface area contributed by atoms with E-state index >= 15 is 0 Å². The first kappa shape index (κ1) is 23.9. The number of ether oxygens (including phenoxy) is 1. The van der Waals surface area contributed by atoms with Crippen molar-refractivity contribution in [3.8, 4) is 11.4 Å². The molecular weight excluding hydrogens is 461 g/mol. The average molecular weight is 492 g/mol. The van der Waals surface area contributed by atoms with Crippen molar-refractivity contribution >= 4 is 28.3 Å². The lowest BCUT2D eigenvalue weighted by Gasteiger charge is -2.45. The first-order valence-corrected chi connectivity index (χ1v) is 12.0. The van der Waals surface area contributed by atoms with Crippen LogP contribution in [0.5, 0.6) is 0 Å². The third kappa shape index (κ3) is 4.55. The zero-order valence-corrected chi connectivity index (χ0v) is 21.4. The number of rotatable bonds is 2. The van der Waals surface area contributed by atoms with Gasteiger partial charge >= 0.3 is 6.09 Å². The van der Waals surface area contributed by atoms with Crippen molar-refractivity contribution in [3.05, 3.63) is 48.3 Å². The predicted octanol–water partition coefficient (Wildman–Crippen LogP) is 4.62. The van der Waals surface area contributed by atoms with Gasteiger partial charge in [0.2, 0.25) is 0 Å². The molecular formula is C26H30FN7O2. The Hall–Kier alpha value is -3.82. The van der Waals surface area contributed by atoms with E-state index in [-0.39, 0.29) is 23.8 Å². The quantitative estimate of drug-likeness (QED) is 0.404. The van der Waals surface area contributed by atoms with Crippen molar-refractivity contribution in [2.75, 3.05) is 18.0 Å². The largest absolute Gasteiger partial charge is 0.444 e. The molecule has 0 bridgehead atoms. The van der Waals surface area contributed by atoms with Gasteiger partial charge in [0.1, 0.15) is 11.4 Å². The van der Waals surface area contributed by atoms with E-state index in [1.807, 2.05) is 57.7 Å². The van der Waals surface area contributed by atoms with Crippen molar-refractivity contribution < 1.29 is 13.9 Å². The lowest BCUT2D eigenvalue weighted by atomic mass is 10.1. The second kappa shape index (κ2) is 8.69. The molecule has 0 aliphatic carbocycles. The van der Waals surface area contributed by atoms with E-state index in [1.54, 1.807) is 19.3 Å². The fourth-order valence-corrected chi connectivity index (χ4v) is 4.74. The van der Waals surface area contributed by atoms with Crippen LogP contribution in [0.3, 0.4) is 0 Å². The lowest BCUT2D eigenvalue weighted by Crippen LogP contribution is -2.59. The van der Waals surface area contributed by atoms with Crippen LogP contribution in [0, 0.1) is 12.7 Å². The maximum Gasteiger partial charge on any atom is 0.410 e. The van der Waals surface area contributed by atoms with Gasteiger partial charge in [-0.25, -0.2) is 28.7 Å². The number of piperazine rings is 1. The summed E-state index contributed by atoms with van der Waals surface area (Å²) < 4.78 is 21.6. The maximum atomic E-state index is 14.5. The standard InChI is InChI=1S/C26H30FN7O2/c1-15-12-32(13-16(2)34(15)25(35)36-26(4,5)6)20-7-8-22-18(9-20)11-28-23(30-22)19-10-21(27)24-29-17(3)31-33(24)14-19/h7-11,14-16H,12-13H2,1-6H3/t15-,16+. The second-order valence-electron chi connectivity index (χ2n) is 10.4. The van der Waals surface area contributed by atoms with Crippen molar-refractivity contribution in [1.29, 1.82) is 0 Å². The first-order chi connectivity index (χ1) is 17.0. The lowest BCUT2D eigenvalue weighted by molar-refractivity contribution is 0.00566. The van der Waals surface area contributed by atoms with Gasteiger partial charge in [-0.3, -0.25) is 4.90 Å². The number of anilines is 1. The van der Waals surface area contributed by atoms with Crippen LogP contribution in [-0.2, 0) is 4.74 Å². The summed E-state index contributed by atoms with van der Waals surface area (Å²) in [4.78, 5) is 30.1. The molecule has 1 aliphatic heterocycles. The van der Waals surface area contributed by atoms with Crippen LogP contribution in [0.1, 0.15) is 40.4 Å². The minimum absolute atomic E-state index is 0.0110. The van der Waals surface area contributed by atoms with E-state index in [2.05, 4.69) is 25.0 Å². The van der Waals surface area contributed by atoms with Crippen LogP contribution in [0.4, 0.5) is 14.9 Å². The molecule has 0 spiro atoms. The highest BCUT2D eigenvalue weighted by Gasteiger charge is 2.35. The molecule has 1 fully saturated rings. The molecule has 5 rings (SSSR count). The molecule has 36 heavy (non-hydrogen) atoms. The number of benzene rings is 1. The number of pyridine rings is 1. The van der Waals surface area contributed by atoms with Crippen molar-refractivity contribution in [3.63, 3.8) is 0 Å². The first-order valence-electron chi connectivity index (χ1n) is 12.0. The summed E-state index contributed by atoms with van der Waals surface area (Å²) in [6.45, 7) is 12.8. The molecule has 188 valence electrons. The number of hydrogen-bond donors (Lipinski definition) is 0. The molecule has 9 nitrogen and oxygen atoms in total. The summed E-state index contributed by atoms with van der Waals surface area (Å²) in [7, 11) is 0. The van der Waals surface area contributed by atoms with Crippen LogP contribution >= 0.6 is 0 Å². The number of carbonyl (C=O) groups excluding carboxylic acids is 1. The van der Waals surface area contributed by atoms with Gasteiger partial charge < -0.3 is 9.64 Å². The average Bonchev–Trinajstić information content (AvgIpc) is 3.17. The van der Waals surface area contributed by atoms with Gasteiger partial charge in [-0.1, -0.05) is 0 Å². The van der Waals surface area contributed by atoms with E-state index in [1.165, 1.54) is 10.6 Å². The minimum Gasteiger partial charge on any atom is -0.444 e. The summed E-state index contributed by atoms with van der Waals surface area (Å²) in [5.74, 6) is 0.437. The van der Waals surface area contributed by atoms with Gasteiger partial charge in [0.25, 0.3) is 0 Å². The fraction of sp³-hybridized carbons (Fsp3) is 0.423. The number of fused-ring (bicyclic) bond motifs is 2. The molecule has 10 heteroatoms. The fourth-order valence-electron chi connectivity index (χ4n) is 4.74. The Kier molecular flexibility index (Phi) is 5.77. The summed E-state index contributed by atoms with van der Waals surface area (Å²) in [6.07, 6.45) is 3.15. The Bertz CT molecular complexity index is 1450. The smallest absolute Gasteiger partial charge is 0.410 e. The van der Waals surface area contributed by atoms with Crippen molar-refractivity contribution in [1.82, 2.24) is 29.5 Å². The topological polar surface area (TPSA) is 88.8 Å². The third-order valence-electron chi connectivity index (χ3n) is 6.20. The Balaban J connectivity index is 1.38. The summed E-state index contributed by atoms with van der Waals surface area (Å²) in [5, 5.41) is 5.08. The number of halogens is 1. The van der Waals surface area contributed by atoms with E-state index in [0.717, 1.165) is 16.6 Å². The second-order valence-corrected chi connectivity index (χ2v) is 10.4. The molecule has 0 saturated carbocycles. The molecule has 1 aromatic carbocycles. The van der Waals surface area contributed by atoms with Gasteiger partial charge in [0.15, 0.2) is 17.3 Å². The Labute approximate surface area is 208 Å². The predicted molar refractivity (Wildman–Crippen MR) is 135 cm³/mol.